The van der Waals surface area contributed by atoms with Crippen molar-refractivity contribution in [3.05, 3.63) is 66.1 Å². The summed E-state index contributed by atoms with van der Waals surface area (Å²) in [5.74, 6) is 6.73. The molecule has 2 aliphatic rings. The van der Waals surface area contributed by atoms with Gasteiger partial charge in [0, 0.05) is 19.1 Å². The van der Waals surface area contributed by atoms with Crippen molar-refractivity contribution in [2.45, 2.75) is 51.2 Å². The zero-order chi connectivity index (χ0) is 27.5. The van der Waals surface area contributed by atoms with Crippen LogP contribution in [0, 0.1) is 17.8 Å². The molecular weight excluding hydrogens is 492 g/mol. The number of hydrogen-bond donors (Lipinski definition) is 2. The second-order valence-electron chi connectivity index (χ2n) is 10.1. The van der Waals surface area contributed by atoms with Gasteiger partial charge in [-0.15, -0.1) is 0 Å². The third kappa shape index (κ3) is 5.38. The standard InChI is InChI=1S/C30H34N6O3/c1-4-25(37)35-16-22(15-23(35)17-39-5-2)36-24(14-13-20-11-12-20)26(27-28(31)32-18-33-29(27)36)30(38)34-19(3)21-9-7-6-8-10-21/h4,6-10,18-20,22-23H,1,5,11-12,15-17H2,2-3H3,(H,34,38)(H2,31,32,33)/t19?,22-,23-/m1/s1. The quantitative estimate of drug-likeness (QED) is 0.342. The highest BCUT2D eigenvalue weighted by Crippen LogP contribution is 2.37. The SMILES string of the molecule is C=CC(=O)N1C[C@H](n2c(C#CC3CC3)c(C(=O)NC(C)c3ccccc3)c3c(N)ncnc32)C[C@@H]1COCC. The summed E-state index contributed by atoms with van der Waals surface area (Å²) in [4.78, 5) is 37.3. The van der Waals surface area contributed by atoms with Gasteiger partial charge in [0.05, 0.1) is 35.7 Å². The minimum absolute atomic E-state index is 0.142. The summed E-state index contributed by atoms with van der Waals surface area (Å²) in [7, 11) is 0. The lowest BCUT2D eigenvalue weighted by atomic mass is 10.1. The molecule has 3 atom stereocenters. The van der Waals surface area contributed by atoms with Gasteiger partial charge in [0.1, 0.15) is 23.5 Å². The summed E-state index contributed by atoms with van der Waals surface area (Å²) in [5, 5.41) is 3.60. The van der Waals surface area contributed by atoms with Crippen molar-refractivity contribution in [3.63, 3.8) is 0 Å². The Morgan fingerprint density at radius 3 is 2.74 bits per heavy atom. The van der Waals surface area contributed by atoms with Crippen LogP contribution in [0.5, 0.6) is 0 Å². The Balaban J connectivity index is 1.62. The zero-order valence-corrected chi connectivity index (χ0v) is 22.4. The fourth-order valence-electron chi connectivity index (χ4n) is 5.23. The maximum Gasteiger partial charge on any atom is 0.255 e. The maximum atomic E-state index is 13.9. The minimum atomic E-state index is -0.292. The van der Waals surface area contributed by atoms with Gasteiger partial charge in [0.15, 0.2) is 0 Å². The average molecular weight is 527 g/mol. The van der Waals surface area contributed by atoms with E-state index in [1.807, 2.05) is 48.7 Å². The van der Waals surface area contributed by atoms with Gasteiger partial charge >= 0.3 is 0 Å². The van der Waals surface area contributed by atoms with E-state index in [0.29, 0.717) is 54.4 Å². The fourth-order valence-corrected chi connectivity index (χ4v) is 5.23. The Bertz CT molecular complexity index is 1450. The van der Waals surface area contributed by atoms with Crippen LogP contribution in [0.15, 0.2) is 49.3 Å². The molecule has 1 aromatic carbocycles. The van der Waals surface area contributed by atoms with E-state index in [0.717, 1.165) is 18.4 Å². The van der Waals surface area contributed by atoms with Crippen LogP contribution < -0.4 is 11.1 Å². The Kier molecular flexibility index (Phi) is 7.66. The Labute approximate surface area is 228 Å². The monoisotopic (exact) mass is 526 g/mol. The molecule has 3 aromatic rings. The molecule has 3 heterocycles. The molecule has 0 bridgehead atoms. The third-order valence-electron chi connectivity index (χ3n) is 7.39. The molecule has 202 valence electrons. The Morgan fingerprint density at radius 2 is 2.05 bits per heavy atom. The number of carbonyl (C=O) groups excluding carboxylic acids is 2. The smallest absolute Gasteiger partial charge is 0.255 e. The van der Waals surface area contributed by atoms with Crippen LogP contribution >= 0.6 is 0 Å². The second kappa shape index (κ2) is 11.3. The molecule has 1 unspecified atom stereocenters. The number of carbonyl (C=O) groups is 2. The number of anilines is 1. The predicted octanol–water partition coefficient (Wildman–Crippen LogP) is 3.63. The molecule has 0 radical (unpaired) electrons. The van der Waals surface area contributed by atoms with E-state index in [2.05, 4.69) is 33.7 Å². The number of nitrogens with two attached hydrogens (primary N) is 1. The highest BCUT2D eigenvalue weighted by molar-refractivity contribution is 6.12. The van der Waals surface area contributed by atoms with E-state index in [1.165, 1.54) is 12.4 Å². The van der Waals surface area contributed by atoms with Crippen LogP contribution in [0.2, 0.25) is 0 Å². The van der Waals surface area contributed by atoms with Gasteiger partial charge in [0.25, 0.3) is 5.91 Å². The number of nitrogens with zero attached hydrogens (tertiary/aromatic N) is 4. The van der Waals surface area contributed by atoms with Gasteiger partial charge in [-0.1, -0.05) is 42.8 Å². The van der Waals surface area contributed by atoms with Gasteiger partial charge in [-0.2, -0.15) is 0 Å². The van der Waals surface area contributed by atoms with E-state index in [9.17, 15) is 9.59 Å². The molecule has 1 saturated heterocycles. The summed E-state index contributed by atoms with van der Waals surface area (Å²) in [6.45, 7) is 8.92. The molecule has 1 aliphatic heterocycles. The Hall–Kier alpha value is -4.16. The van der Waals surface area contributed by atoms with Gasteiger partial charge in [-0.3, -0.25) is 9.59 Å². The van der Waals surface area contributed by atoms with Crippen LogP contribution in [-0.4, -0.2) is 57.0 Å². The zero-order valence-electron chi connectivity index (χ0n) is 22.4. The van der Waals surface area contributed by atoms with Gasteiger partial charge in [-0.25, -0.2) is 9.97 Å². The van der Waals surface area contributed by atoms with E-state index < -0.39 is 0 Å². The van der Waals surface area contributed by atoms with Gasteiger partial charge in [0.2, 0.25) is 5.91 Å². The molecule has 5 rings (SSSR count). The first-order valence-electron chi connectivity index (χ1n) is 13.4. The summed E-state index contributed by atoms with van der Waals surface area (Å²) in [6, 6.07) is 9.20. The Morgan fingerprint density at radius 1 is 1.28 bits per heavy atom. The van der Waals surface area contributed by atoms with Crippen molar-refractivity contribution in [2.24, 2.45) is 5.92 Å². The summed E-state index contributed by atoms with van der Waals surface area (Å²) in [6.07, 6.45) is 5.44. The van der Waals surface area contributed by atoms with Crippen molar-refractivity contribution in [3.8, 4) is 11.8 Å². The number of ether oxygens (including phenoxy) is 1. The van der Waals surface area contributed by atoms with Gasteiger partial charge in [-0.05, 0) is 50.7 Å². The summed E-state index contributed by atoms with van der Waals surface area (Å²) >= 11 is 0. The molecule has 9 nitrogen and oxygen atoms in total. The first-order valence-corrected chi connectivity index (χ1v) is 13.4. The summed E-state index contributed by atoms with van der Waals surface area (Å²) < 4.78 is 7.69. The van der Waals surface area contributed by atoms with Crippen LogP contribution in [0.4, 0.5) is 5.82 Å². The number of rotatable bonds is 8. The minimum Gasteiger partial charge on any atom is -0.383 e. The first kappa shape index (κ1) is 26.4. The van der Waals surface area contributed by atoms with E-state index in [-0.39, 0.29) is 35.8 Å². The molecule has 0 spiro atoms. The number of amides is 2. The average Bonchev–Trinajstić information content (AvgIpc) is 3.59. The number of aromatic nitrogens is 3. The lowest BCUT2D eigenvalue weighted by Gasteiger charge is -2.22. The molecule has 1 aliphatic carbocycles. The summed E-state index contributed by atoms with van der Waals surface area (Å²) in [5.41, 5.74) is 8.82. The second-order valence-corrected chi connectivity index (χ2v) is 10.1. The maximum absolute atomic E-state index is 13.9. The normalized spacial score (nSPS) is 19.4. The third-order valence-corrected chi connectivity index (χ3v) is 7.39. The lowest BCUT2D eigenvalue weighted by molar-refractivity contribution is -0.127. The molecule has 3 N–H and O–H groups in total. The highest BCUT2D eigenvalue weighted by atomic mass is 16.5. The van der Waals surface area contributed by atoms with E-state index in [1.54, 1.807) is 4.90 Å². The van der Waals surface area contributed by atoms with Crippen LogP contribution in [0.3, 0.4) is 0 Å². The van der Waals surface area contributed by atoms with Crippen molar-refractivity contribution in [1.29, 1.82) is 0 Å². The van der Waals surface area contributed by atoms with Crippen molar-refractivity contribution >= 4 is 28.7 Å². The van der Waals surface area contributed by atoms with Crippen LogP contribution in [0.25, 0.3) is 11.0 Å². The van der Waals surface area contributed by atoms with Crippen LogP contribution in [-0.2, 0) is 9.53 Å². The van der Waals surface area contributed by atoms with Gasteiger partial charge < -0.3 is 25.3 Å². The van der Waals surface area contributed by atoms with Crippen molar-refractivity contribution < 1.29 is 14.3 Å². The highest BCUT2D eigenvalue weighted by Gasteiger charge is 2.39. The largest absolute Gasteiger partial charge is 0.383 e. The molecule has 2 fully saturated rings. The van der Waals surface area contributed by atoms with Crippen LogP contribution in [0.1, 0.15) is 66.8 Å². The molecule has 1 saturated carbocycles. The fraction of sp³-hybridized carbons (Fsp3) is 0.400. The van der Waals surface area contributed by atoms with Crippen molar-refractivity contribution in [2.75, 3.05) is 25.5 Å². The molecule has 39 heavy (non-hydrogen) atoms. The topological polar surface area (TPSA) is 115 Å². The number of likely N-dealkylation sites (tertiary alicyclic amines) is 1. The molecule has 2 amide bonds. The van der Waals surface area contributed by atoms with Crippen molar-refractivity contribution in [1.82, 2.24) is 24.8 Å². The number of nitrogens with one attached hydrogen (secondary N) is 1. The molecule has 2 aromatic heterocycles. The lowest BCUT2D eigenvalue weighted by Crippen LogP contribution is -2.37. The number of benzene rings is 1. The molecule has 9 heteroatoms. The number of hydrogen-bond acceptors (Lipinski definition) is 6. The van der Waals surface area contributed by atoms with E-state index in [4.69, 9.17) is 10.5 Å². The number of nitrogen functional groups attached to an aromatic ring is 1. The van der Waals surface area contributed by atoms with E-state index >= 15 is 0 Å². The molecular formula is C30H34N6O3. The predicted molar refractivity (Wildman–Crippen MR) is 150 cm³/mol. The number of fused-ring (bicyclic) bond motifs is 1. The first-order chi connectivity index (χ1) is 18.9.